The van der Waals surface area contributed by atoms with Crippen molar-refractivity contribution in [1.82, 2.24) is 0 Å². The Bertz CT molecular complexity index is 539. The molecule has 0 N–H and O–H groups in total. The molecule has 4 nitrogen and oxygen atoms in total. The molecule has 0 unspecified atom stereocenters. The molecule has 0 aliphatic carbocycles. The molecule has 84 valence electrons. The van der Waals surface area contributed by atoms with Gasteiger partial charge in [-0.25, -0.2) is 4.79 Å². The maximum absolute atomic E-state index is 11.5. The van der Waals surface area contributed by atoms with Gasteiger partial charge in [0.2, 0.25) is 0 Å². The van der Waals surface area contributed by atoms with Crippen molar-refractivity contribution < 1.29 is 18.7 Å². The van der Waals surface area contributed by atoms with Crippen LogP contribution in [0.5, 0.6) is 5.75 Å². The highest BCUT2D eigenvalue weighted by Gasteiger charge is 2.14. The van der Waals surface area contributed by atoms with E-state index >= 15 is 0 Å². The third-order valence-electron chi connectivity index (χ3n) is 2.47. The first-order valence-corrected chi connectivity index (χ1v) is 4.81. The number of furan rings is 1. The Balaban J connectivity index is 2.70. The number of aryl methyl sites for hydroxylation is 1. The second-order valence-electron chi connectivity index (χ2n) is 3.47. The van der Waals surface area contributed by atoms with Crippen molar-refractivity contribution in [3.05, 3.63) is 29.5 Å². The number of carbonyl (C=O) groups is 1. The number of hydrogen-bond acceptors (Lipinski definition) is 4. The summed E-state index contributed by atoms with van der Waals surface area (Å²) in [5.74, 6) is 0.145. The fraction of sp³-hybridized carbons (Fsp3) is 0.250. The number of methoxy groups -OCH3 is 2. The zero-order valence-corrected chi connectivity index (χ0v) is 9.37. The summed E-state index contributed by atoms with van der Waals surface area (Å²) in [5.41, 5.74) is 2.06. The lowest BCUT2D eigenvalue weighted by Crippen LogP contribution is -2.01. The van der Waals surface area contributed by atoms with Gasteiger partial charge in [0.1, 0.15) is 0 Å². The van der Waals surface area contributed by atoms with Gasteiger partial charge in [0.15, 0.2) is 11.3 Å². The summed E-state index contributed by atoms with van der Waals surface area (Å²) in [6.07, 6.45) is 1.63. The second-order valence-corrected chi connectivity index (χ2v) is 3.47. The van der Waals surface area contributed by atoms with E-state index in [-0.39, 0.29) is 5.97 Å². The summed E-state index contributed by atoms with van der Waals surface area (Å²) in [4.78, 5) is 11.5. The van der Waals surface area contributed by atoms with Crippen LogP contribution in [0.3, 0.4) is 0 Å². The molecule has 0 spiro atoms. The molecule has 0 aliphatic rings. The van der Waals surface area contributed by atoms with Crippen molar-refractivity contribution in [3.8, 4) is 5.75 Å². The molecular weight excluding hydrogens is 208 g/mol. The van der Waals surface area contributed by atoms with E-state index in [4.69, 9.17) is 9.15 Å². The average Bonchev–Trinajstić information content (AvgIpc) is 2.69. The van der Waals surface area contributed by atoms with Gasteiger partial charge in [-0.2, -0.15) is 0 Å². The Labute approximate surface area is 92.8 Å². The lowest BCUT2D eigenvalue weighted by molar-refractivity contribution is 0.0600. The van der Waals surface area contributed by atoms with Crippen LogP contribution in [0.15, 0.2) is 22.8 Å². The summed E-state index contributed by atoms with van der Waals surface area (Å²) in [7, 11) is 2.88. The Kier molecular flexibility index (Phi) is 2.56. The van der Waals surface area contributed by atoms with E-state index in [1.54, 1.807) is 18.4 Å². The molecule has 16 heavy (non-hydrogen) atoms. The van der Waals surface area contributed by atoms with E-state index in [0.717, 1.165) is 10.9 Å². The summed E-state index contributed by atoms with van der Waals surface area (Å²) in [6, 6.07) is 3.35. The molecule has 0 fully saturated rings. The van der Waals surface area contributed by atoms with Gasteiger partial charge in [-0.05, 0) is 24.6 Å². The van der Waals surface area contributed by atoms with E-state index in [1.165, 1.54) is 14.2 Å². The molecule has 1 heterocycles. The van der Waals surface area contributed by atoms with Crippen LogP contribution in [0.2, 0.25) is 0 Å². The highest BCUT2D eigenvalue weighted by molar-refractivity contribution is 5.97. The summed E-state index contributed by atoms with van der Waals surface area (Å²) in [5, 5.41) is 0.861. The Hall–Kier alpha value is -1.97. The fourth-order valence-electron chi connectivity index (χ4n) is 1.61. The first kappa shape index (κ1) is 10.5. The number of carbonyl (C=O) groups excluding carboxylic acids is 1. The Morgan fingerprint density at radius 1 is 1.31 bits per heavy atom. The molecular formula is C12H12O4. The summed E-state index contributed by atoms with van der Waals surface area (Å²) >= 11 is 0. The summed E-state index contributed by atoms with van der Waals surface area (Å²) in [6.45, 7) is 1.91. The lowest BCUT2D eigenvalue weighted by Gasteiger charge is -2.04. The van der Waals surface area contributed by atoms with Gasteiger partial charge in [-0.1, -0.05) is 0 Å². The number of benzene rings is 1. The predicted molar refractivity (Wildman–Crippen MR) is 58.8 cm³/mol. The van der Waals surface area contributed by atoms with Gasteiger partial charge in [0.25, 0.3) is 0 Å². The van der Waals surface area contributed by atoms with Gasteiger partial charge in [-0.15, -0.1) is 0 Å². The molecule has 0 atom stereocenters. The zero-order chi connectivity index (χ0) is 11.7. The number of hydrogen-bond donors (Lipinski definition) is 0. The monoisotopic (exact) mass is 220 g/mol. The molecule has 2 aromatic rings. The predicted octanol–water partition coefficient (Wildman–Crippen LogP) is 2.54. The highest BCUT2D eigenvalue weighted by Crippen LogP contribution is 2.31. The molecule has 4 heteroatoms. The van der Waals surface area contributed by atoms with Gasteiger partial charge < -0.3 is 13.9 Å². The minimum absolute atomic E-state index is 0.388. The minimum atomic E-state index is -0.388. The molecule has 0 aliphatic heterocycles. The standard InChI is InChI=1S/C12H12O4/c1-7-6-16-11-9(7)4-8(12(13)15-3)5-10(11)14-2/h4-6H,1-3H3. The van der Waals surface area contributed by atoms with Crippen LogP contribution in [-0.2, 0) is 4.74 Å². The molecule has 0 saturated heterocycles. The molecule has 0 amide bonds. The molecule has 2 rings (SSSR count). The SMILES string of the molecule is COC(=O)c1cc(OC)c2occ(C)c2c1. The van der Waals surface area contributed by atoms with Crippen LogP contribution in [-0.4, -0.2) is 20.2 Å². The second kappa shape index (κ2) is 3.89. The van der Waals surface area contributed by atoms with E-state index in [2.05, 4.69) is 4.74 Å². The average molecular weight is 220 g/mol. The quantitative estimate of drug-likeness (QED) is 0.730. The molecule has 0 radical (unpaired) electrons. The van der Waals surface area contributed by atoms with Crippen molar-refractivity contribution in [3.63, 3.8) is 0 Å². The highest BCUT2D eigenvalue weighted by atomic mass is 16.5. The van der Waals surface area contributed by atoms with Crippen LogP contribution in [0.4, 0.5) is 0 Å². The van der Waals surface area contributed by atoms with Crippen molar-refractivity contribution in [2.75, 3.05) is 14.2 Å². The van der Waals surface area contributed by atoms with E-state index in [1.807, 2.05) is 6.92 Å². The Morgan fingerprint density at radius 2 is 2.06 bits per heavy atom. The molecule has 1 aromatic carbocycles. The number of rotatable bonds is 2. The molecule has 0 bridgehead atoms. The molecule has 0 saturated carbocycles. The van der Waals surface area contributed by atoms with E-state index in [0.29, 0.717) is 16.9 Å². The van der Waals surface area contributed by atoms with Gasteiger partial charge in [0.05, 0.1) is 26.0 Å². The van der Waals surface area contributed by atoms with Crippen LogP contribution < -0.4 is 4.74 Å². The summed E-state index contributed by atoms with van der Waals surface area (Å²) < 4.78 is 15.2. The number of esters is 1. The topological polar surface area (TPSA) is 48.7 Å². The van der Waals surface area contributed by atoms with Crippen LogP contribution in [0, 0.1) is 6.92 Å². The van der Waals surface area contributed by atoms with Crippen LogP contribution in [0.1, 0.15) is 15.9 Å². The maximum Gasteiger partial charge on any atom is 0.338 e. The van der Waals surface area contributed by atoms with Crippen molar-refractivity contribution >= 4 is 16.9 Å². The maximum atomic E-state index is 11.5. The normalized spacial score (nSPS) is 10.4. The first-order chi connectivity index (χ1) is 7.67. The fourth-order valence-corrected chi connectivity index (χ4v) is 1.61. The first-order valence-electron chi connectivity index (χ1n) is 4.81. The van der Waals surface area contributed by atoms with Crippen LogP contribution in [0.25, 0.3) is 11.0 Å². The van der Waals surface area contributed by atoms with E-state index < -0.39 is 0 Å². The molecule has 1 aromatic heterocycles. The zero-order valence-electron chi connectivity index (χ0n) is 9.37. The van der Waals surface area contributed by atoms with Crippen molar-refractivity contribution in [2.45, 2.75) is 6.92 Å². The Morgan fingerprint density at radius 3 is 2.69 bits per heavy atom. The van der Waals surface area contributed by atoms with Gasteiger partial charge >= 0.3 is 5.97 Å². The minimum Gasteiger partial charge on any atom is -0.493 e. The smallest absolute Gasteiger partial charge is 0.338 e. The van der Waals surface area contributed by atoms with E-state index in [9.17, 15) is 4.79 Å². The largest absolute Gasteiger partial charge is 0.493 e. The lowest BCUT2D eigenvalue weighted by atomic mass is 10.1. The van der Waals surface area contributed by atoms with Crippen LogP contribution >= 0.6 is 0 Å². The third kappa shape index (κ3) is 1.52. The van der Waals surface area contributed by atoms with Crippen molar-refractivity contribution in [1.29, 1.82) is 0 Å². The van der Waals surface area contributed by atoms with Gasteiger partial charge in [-0.3, -0.25) is 0 Å². The van der Waals surface area contributed by atoms with Gasteiger partial charge in [0, 0.05) is 5.39 Å². The van der Waals surface area contributed by atoms with Crippen molar-refractivity contribution in [2.24, 2.45) is 0 Å². The number of ether oxygens (including phenoxy) is 2. The third-order valence-corrected chi connectivity index (χ3v) is 2.47. The number of fused-ring (bicyclic) bond motifs is 1.